The molecule has 0 radical (unpaired) electrons. The number of aromatic nitrogens is 3. The average Bonchev–Trinajstić information content (AvgIpc) is 3.05. The summed E-state index contributed by atoms with van der Waals surface area (Å²) in [4.78, 5) is 21.2. The molecular formula is C19H25N5O2. The maximum atomic E-state index is 12.6. The zero-order valence-corrected chi connectivity index (χ0v) is 15.3. The number of piperidine rings is 1. The summed E-state index contributed by atoms with van der Waals surface area (Å²) < 4.78 is 7.51. The molecule has 0 bridgehead atoms. The van der Waals surface area contributed by atoms with Crippen LogP contribution in [0, 0.1) is 5.92 Å². The van der Waals surface area contributed by atoms with Gasteiger partial charge in [0.15, 0.2) is 0 Å². The van der Waals surface area contributed by atoms with Gasteiger partial charge in [-0.05, 0) is 44.5 Å². The van der Waals surface area contributed by atoms with E-state index in [1.807, 2.05) is 23.1 Å². The molecule has 0 unspecified atom stereocenters. The Morgan fingerprint density at radius 3 is 2.81 bits per heavy atom. The van der Waals surface area contributed by atoms with E-state index in [2.05, 4.69) is 22.0 Å². The third kappa shape index (κ3) is 3.07. The van der Waals surface area contributed by atoms with Crippen LogP contribution in [0.4, 0.5) is 0 Å². The first kappa shape index (κ1) is 17.0. The van der Waals surface area contributed by atoms with E-state index in [1.165, 1.54) is 0 Å². The number of carbonyl (C=O) groups is 1. The van der Waals surface area contributed by atoms with Gasteiger partial charge >= 0.3 is 0 Å². The Bertz CT molecular complexity index is 769. The van der Waals surface area contributed by atoms with Crippen molar-refractivity contribution < 1.29 is 9.53 Å². The molecule has 7 heteroatoms. The van der Waals surface area contributed by atoms with E-state index in [9.17, 15) is 4.79 Å². The highest BCUT2D eigenvalue weighted by Gasteiger charge is 2.51. The van der Waals surface area contributed by atoms with E-state index in [4.69, 9.17) is 4.74 Å². The summed E-state index contributed by atoms with van der Waals surface area (Å²) in [5.41, 5.74) is 0.721. The fraction of sp³-hybridized carbons (Fsp3) is 0.526. The molecule has 2 fully saturated rings. The summed E-state index contributed by atoms with van der Waals surface area (Å²) in [6.45, 7) is 3.26. The van der Waals surface area contributed by atoms with E-state index in [0.29, 0.717) is 24.1 Å². The second-order valence-electron chi connectivity index (χ2n) is 7.48. The standard InChI is InChI=1S/C19H25N5O2/c1-22-10-7-15(12-26-17-5-3-4-8-20-17)11-19(22)13-24(14-19)18(25)16-6-9-21-23(16)2/h3-6,8-9,15H,7,10-14H2,1-2H3/t15-/m1/s1. The highest BCUT2D eigenvalue weighted by Crippen LogP contribution is 2.38. The third-order valence-corrected chi connectivity index (χ3v) is 5.75. The van der Waals surface area contributed by atoms with E-state index in [-0.39, 0.29) is 11.4 Å². The Morgan fingerprint density at radius 1 is 1.27 bits per heavy atom. The first-order chi connectivity index (χ1) is 12.6. The zero-order valence-electron chi connectivity index (χ0n) is 15.3. The Labute approximate surface area is 153 Å². The monoisotopic (exact) mass is 355 g/mol. The summed E-state index contributed by atoms with van der Waals surface area (Å²) in [5, 5.41) is 4.10. The Kier molecular flexibility index (Phi) is 4.40. The van der Waals surface area contributed by atoms with Crippen LogP contribution >= 0.6 is 0 Å². The number of likely N-dealkylation sites (N-methyl/N-ethyl adjacent to an activating group) is 1. The van der Waals surface area contributed by atoms with Crippen LogP contribution in [0.5, 0.6) is 5.88 Å². The molecule has 4 rings (SSSR count). The minimum Gasteiger partial charge on any atom is -0.477 e. The summed E-state index contributed by atoms with van der Waals surface area (Å²) in [6, 6.07) is 7.50. The Morgan fingerprint density at radius 2 is 2.12 bits per heavy atom. The van der Waals surface area contributed by atoms with Gasteiger partial charge in [0.1, 0.15) is 5.69 Å². The number of carbonyl (C=O) groups excluding carboxylic acids is 1. The number of ether oxygens (including phenoxy) is 1. The van der Waals surface area contributed by atoms with Gasteiger partial charge in [-0.1, -0.05) is 6.07 Å². The van der Waals surface area contributed by atoms with Gasteiger partial charge in [-0.2, -0.15) is 5.10 Å². The van der Waals surface area contributed by atoms with Crippen molar-refractivity contribution in [2.24, 2.45) is 13.0 Å². The molecule has 2 aliphatic rings. The molecule has 7 nitrogen and oxygen atoms in total. The summed E-state index contributed by atoms with van der Waals surface area (Å²) >= 11 is 0. The second kappa shape index (κ2) is 6.72. The lowest BCUT2D eigenvalue weighted by Crippen LogP contribution is -2.72. The van der Waals surface area contributed by atoms with E-state index in [0.717, 1.165) is 32.5 Å². The van der Waals surface area contributed by atoms with Crippen LogP contribution < -0.4 is 4.74 Å². The van der Waals surface area contributed by atoms with Gasteiger partial charge in [0.25, 0.3) is 5.91 Å². The van der Waals surface area contributed by atoms with Crippen molar-refractivity contribution in [3.05, 3.63) is 42.4 Å². The van der Waals surface area contributed by atoms with Crippen molar-refractivity contribution in [3.8, 4) is 5.88 Å². The number of aryl methyl sites for hydroxylation is 1. The third-order valence-electron chi connectivity index (χ3n) is 5.75. The summed E-state index contributed by atoms with van der Waals surface area (Å²) in [6.07, 6.45) is 5.58. The lowest BCUT2D eigenvalue weighted by atomic mass is 9.75. The molecule has 0 aliphatic carbocycles. The molecule has 0 saturated carbocycles. The van der Waals surface area contributed by atoms with Crippen LogP contribution in [0.25, 0.3) is 0 Å². The van der Waals surface area contributed by atoms with Crippen molar-refractivity contribution >= 4 is 5.91 Å². The number of rotatable bonds is 4. The zero-order chi connectivity index (χ0) is 18.1. The van der Waals surface area contributed by atoms with Crippen LogP contribution in [0.15, 0.2) is 36.7 Å². The van der Waals surface area contributed by atoms with Gasteiger partial charge in [0, 0.05) is 38.6 Å². The van der Waals surface area contributed by atoms with E-state index >= 15 is 0 Å². The molecule has 1 atom stereocenters. The quantitative estimate of drug-likeness (QED) is 0.830. The number of hydrogen-bond acceptors (Lipinski definition) is 5. The first-order valence-electron chi connectivity index (χ1n) is 9.10. The lowest BCUT2D eigenvalue weighted by Gasteiger charge is -2.58. The molecule has 138 valence electrons. The van der Waals surface area contributed by atoms with Crippen LogP contribution in [-0.4, -0.2) is 69.3 Å². The minimum absolute atomic E-state index is 0.0656. The van der Waals surface area contributed by atoms with Gasteiger partial charge in [0.05, 0.1) is 12.1 Å². The van der Waals surface area contributed by atoms with Crippen molar-refractivity contribution in [2.45, 2.75) is 18.4 Å². The predicted molar refractivity (Wildman–Crippen MR) is 96.9 cm³/mol. The summed E-state index contributed by atoms with van der Waals surface area (Å²) in [5.74, 6) is 1.24. The van der Waals surface area contributed by atoms with Crippen molar-refractivity contribution in [1.82, 2.24) is 24.6 Å². The van der Waals surface area contributed by atoms with Gasteiger partial charge < -0.3 is 9.64 Å². The number of likely N-dealkylation sites (tertiary alicyclic amines) is 2. The average molecular weight is 355 g/mol. The maximum Gasteiger partial charge on any atom is 0.272 e. The van der Waals surface area contributed by atoms with Crippen LogP contribution in [0.3, 0.4) is 0 Å². The number of pyridine rings is 1. The number of amides is 1. The predicted octanol–water partition coefficient (Wildman–Crippen LogP) is 1.43. The highest BCUT2D eigenvalue weighted by atomic mass is 16.5. The SMILES string of the molecule is CN1CC[C@@H](COc2ccccn2)CC12CN(C(=O)c1ccnn1C)C2. The number of hydrogen-bond donors (Lipinski definition) is 0. The molecular weight excluding hydrogens is 330 g/mol. The molecule has 0 aromatic carbocycles. The smallest absolute Gasteiger partial charge is 0.272 e. The van der Waals surface area contributed by atoms with Crippen LogP contribution in [0.2, 0.25) is 0 Å². The topological polar surface area (TPSA) is 63.5 Å². The summed E-state index contributed by atoms with van der Waals surface area (Å²) in [7, 11) is 3.97. The minimum atomic E-state index is 0.0656. The van der Waals surface area contributed by atoms with Gasteiger partial charge in [-0.25, -0.2) is 4.98 Å². The molecule has 2 aliphatic heterocycles. The Hall–Kier alpha value is -2.41. The van der Waals surface area contributed by atoms with Gasteiger partial charge in [0.2, 0.25) is 5.88 Å². The molecule has 26 heavy (non-hydrogen) atoms. The van der Waals surface area contributed by atoms with E-state index < -0.39 is 0 Å². The molecule has 2 saturated heterocycles. The van der Waals surface area contributed by atoms with Crippen LogP contribution in [-0.2, 0) is 7.05 Å². The normalized spacial score (nSPS) is 22.2. The molecule has 1 spiro atoms. The molecule has 4 heterocycles. The molecule has 2 aromatic rings. The fourth-order valence-electron chi connectivity index (χ4n) is 4.11. The largest absolute Gasteiger partial charge is 0.477 e. The molecule has 1 amide bonds. The molecule has 0 N–H and O–H groups in total. The van der Waals surface area contributed by atoms with Crippen molar-refractivity contribution in [2.75, 3.05) is 33.3 Å². The molecule has 2 aromatic heterocycles. The van der Waals surface area contributed by atoms with Crippen molar-refractivity contribution in [3.63, 3.8) is 0 Å². The van der Waals surface area contributed by atoms with Crippen molar-refractivity contribution in [1.29, 1.82) is 0 Å². The second-order valence-corrected chi connectivity index (χ2v) is 7.48. The van der Waals surface area contributed by atoms with E-state index in [1.54, 1.807) is 30.2 Å². The van der Waals surface area contributed by atoms with Crippen LogP contribution in [0.1, 0.15) is 23.3 Å². The van der Waals surface area contributed by atoms with Gasteiger partial charge in [-0.15, -0.1) is 0 Å². The highest BCUT2D eigenvalue weighted by molar-refractivity contribution is 5.93. The Balaban J connectivity index is 1.36. The lowest BCUT2D eigenvalue weighted by molar-refractivity contribution is -0.0698. The van der Waals surface area contributed by atoms with Gasteiger partial charge in [-0.3, -0.25) is 14.4 Å². The first-order valence-corrected chi connectivity index (χ1v) is 9.10. The fourth-order valence-corrected chi connectivity index (χ4v) is 4.11. The number of nitrogens with zero attached hydrogens (tertiary/aromatic N) is 5. The maximum absolute atomic E-state index is 12.6.